The minimum Gasteiger partial charge on any atom is -0.452 e. The van der Waals surface area contributed by atoms with Crippen molar-refractivity contribution in [2.45, 2.75) is 31.7 Å². The van der Waals surface area contributed by atoms with Gasteiger partial charge in [-0.1, -0.05) is 12.8 Å². The van der Waals surface area contributed by atoms with Crippen LogP contribution < -0.4 is 11.1 Å². The summed E-state index contributed by atoms with van der Waals surface area (Å²) in [6.07, 6.45) is 4.09. The van der Waals surface area contributed by atoms with E-state index in [1.54, 1.807) is 0 Å². The van der Waals surface area contributed by atoms with Crippen LogP contribution in [-0.2, 0) is 9.53 Å². The molecule has 0 unspecified atom stereocenters. The fraction of sp³-hybridized carbons (Fsp3) is 0.429. The molecule has 0 aromatic heterocycles. The largest absolute Gasteiger partial charge is 0.452 e. The van der Waals surface area contributed by atoms with Crippen molar-refractivity contribution in [3.8, 4) is 0 Å². The predicted octanol–water partition coefficient (Wildman–Crippen LogP) is 1.62. The maximum atomic E-state index is 13.4. The van der Waals surface area contributed by atoms with Crippen LogP contribution in [0.1, 0.15) is 36.0 Å². The van der Waals surface area contributed by atoms with Crippen molar-refractivity contribution in [1.82, 2.24) is 5.32 Å². The Balaban J connectivity index is 1.85. The smallest absolute Gasteiger partial charge is 0.341 e. The molecule has 1 aromatic rings. The van der Waals surface area contributed by atoms with E-state index in [4.69, 9.17) is 10.5 Å². The van der Waals surface area contributed by atoms with Crippen LogP contribution in [0.25, 0.3) is 0 Å². The molecule has 0 heterocycles. The van der Waals surface area contributed by atoms with Crippen molar-refractivity contribution in [2.75, 3.05) is 12.3 Å². The molecule has 1 aliphatic carbocycles. The van der Waals surface area contributed by atoms with Gasteiger partial charge >= 0.3 is 5.97 Å². The van der Waals surface area contributed by atoms with Crippen LogP contribution in [0, 0.1) is 5.82 Å². The summed E-state index contributed by atoms with van der Waals surface area (Å²) < 4.78 is 18.2. The number of nitrogen functional groups attached to an aromatic ring is 1. The molecule has 0 bridgehead atoms. The minimum absolute atomic E-state index is 0.158. The summed E-state index contributed by atoms with van der Waals surface area (Å²) >= 11 is 0. The Morgan fingerprint density at radius 1 is 1.35 bits per heavy atom. The predicted molar refractivity (Wildman–Crippen MR) is 71.5 cm³/mol. The third-order valence-electron chi connectivity index (χ3n) is 3.26. The molecule has 1 aromatic carbocycles. The van der Waals surface area contributed by atoms with Crippen LogP contribution in [0.5, 0.6) is 0 Å². The molecule has 1 saturated carbocycles. The lowest BCUT2D eigenvalue weighted by atomic mass is 10.2. The maximum absolute atomic E-state index is 13.4. The molecular weight excluding hydrogens is 263 g/mol. The number of nitrogens with one attached hydrogen (secondary N) is 1. The molecule has 2 rings (SSSR count). The number of rotatable bonds is 4. The monoisotopic (exact) mass is 280 g/mol. The molecule has 108 valence electrons. The topological polar surface area (TPSA) is 81.4 Å². The molecule has 0 saturated heterocycles. The van der Waals surface area contributed by atoms with Gasteiger partial charge in [-0.3, -0.25) is 4.79 Å². The Labute approximate surface area is 116 Å². The number of esters is 1. The van der Waals surface area contributed by atoms with Crippen molar-refractivity contribution in [3.63, 3.8) is 0 Å². The average Bonchev–Trinajstić information content (AvgIpc) is 2.91. The van der Waals surface area contributed by atoms with E-state index in [9.17, 15) is 14.0 Å². The van der Waals surface area contributed by atoms with E-state index >= 15 is 0 Å². The first kappa shape index (κ1) is 14.3. The van der Waals surface area contributed by atoms with Crippen molar-refractivity contribution >= 4 is 17.6 Å². The lowest BCUT2D eigenvalue weighted by Gasteiger charge is -2.12. The summed E-state index contributed by atoms with van der Waals surface area (Å²) in [4.78, 5) is 23.2. The van der Waals surface area contributed by atoms with Crippen LogP contribution in [0.4, 0.5) is 10.1 Å². The molecule has 1 aliphatic rings. The van der Waals surface area contributed by atoms with Crippen LogP contribution in [-0.4, -0.2) is 24.5 Å². The fourth-order valence-corrected chi connectivity index (χ4v) is 2.25. The van der Waals surface area contributed by atoms with Crippen LogP contribution in [0.15, 0.2) is 18.2 Å². The summed E-state index contributed by atoms with van der Waals surface area (Å²) in [6.45, 7) is -0.413. The molecule has 0 spiro atoms. The molecule has 5 nitrogen and oxygen atoms in total. The molecule has 0 aliphatic heterocycles. The number of hydrogen-bond donors (Lipinski definition) is 2. The molecular formula is C14H17FN2O3. The summed E-state index contributed by atoms with van der Waals surface area (Å²) in [7, 11) is 0. The zero-order valence-electron chi connectivity index (χ0n) is 11.0. The van der Waals surface area contributed by atoms with Gasteiger partial charge in [0.05, 0.1) is 5.56 Å². The lowest BCUT2D eigenvalue weighted by molar-refractivity contribution is -0.124. The Morgan fingerprint density at radius 2 is 2.05 bits per heavy atom. The first-order valence-electron chi connectivity index (χ1n) is 6.58. The number of ether oxygens (including phenoxy) is 1. The van der Waals surface area contributed by atoms with Gasteiger partial charge in [-0.2, -0.15) is 0 Å². The number of carbonyl (C=O) groups excluding carboxylic acids is 2. The Bertz CT molecular complexity index is 513. The quantitative estimate of drug-likeness (QED) is 0.648. The summed E-state index contributed by atoms with van der Waals surface area (Å²) in [5, 5.41) is 2.78. The van der Waals surface area contributed by atoms with E-state index < -0.39 is 18.4 Å². The Kier molecular flexibility index (Phi) is 4.55. The molecule has 20 heavy (non-hydrogen) atoms. The molecule has 0 atom stereocenters. The van der Waals surface area contributed by atoms with Gasteiger partial charge in [0.15, 0.2) is 6.61 Å². The van der Waals surface area contributed by atoms with E-state index in [2.05, 4.69) is 5.32 Å². The number of hydrogen-bond acceptors (Lipinski definition) is 4. The lowest BCUT2D eigenvalue weighted by Crippen LogP contribution is -2.36. The normalized spacial score (nSPS) is 15.1. The number of carbonyl (C=O) groups is 2. The molecule has 1 fully saturated rings. The number of amides is 1. The van der Waals surface area contributed by atoms with Gasteiger partial charge < -0.3 is 15.8 Å². The minimum atomic E-state index is -0.892. The SMILES string of the molecule is Nc1ccc(F)c(C(=O)OCC(=O)NC2CCCC2)c1. The fourth-order valence-electron chi connectivity index (χ4n) is 2.25. The third-order valence-corrected chi connectivity index (χ3v) is 3.26. The number of anilines is 1. The van der Waals surface area contributed by atoms with E-state index in [-0.39, 0.29) is 23.2 Å². The van der Waals surface area contributed by atoms with E-state index in [0.29, 0.717) is 0 Å². The first-order valence-corrected chi connectivity index (χ1v) is 6.58. The Hall–Kier alpha value is -2.11. The van der Waals surface area contributed by atoms with Gasteiger partial charge in [-0.15, -0.1) is 0 Å². The second-order valence-electron chi connectivity index (χ2n) is 4.86. The van der Waals surface area contributed by atoms with E-state index in [1.165, 1.54) is 12.1 Å². The number of nitrogens with two attached hydrogens (primary N) is 1. The van der Waals surface area contributed by atoms with Crippen molar-refractivity contribution in [1.29, 1.82) is 0 Å². The van der Waals surface area contributed by atoms with Gasteiger partial charge in [0.25, 0.3) is 5.91 Å². The molecule has 0 radical (unpaired) electrons. The zero-order chi connectivity index (χ0) is 14.5. The standard InChI is InChI=1S/C14H17FN2O3/c15-12-6-5-9(16)7-11(12)14(19)20-8-13(18)17-10-3-1-2-4-10/h5-7,10H,1-4,8,16H2,(H,17,18). The highest BCUT2D eigenvalue weighted by molar-refractivity contribution is 5.92. The molecule has 6 heteroatoms. The Morgan fingerprint density at radius 3 is 2.75 bits per heavy atom. The highest BCUT2D eigenvalue weighted by Crippen LogP contribution is 2.17. The summed E-state index contributed by atoms with van der Waals surface area (Å²) in [6, 6.07) is 3.78. The van der Waals surface area contributed by atoms with Gasteiger partial charge in [-0.25, -0.2) is 9.18 Å². The van der Waals surface area contributed by atoms with Crippen LogP contribution >= 0.6 is 0 Å². The summed E-state index contributed by atoms with van der Waals surface area (Å²) in [5.41, 5.74) is 5.47. The highest BCUT2D eigenvalue weighted by atomic mass is 19.1. The second-order valence-corrected chi connectivity index (χ2v) is 4.86. The third kappa shape index (κ3) is 3.69. The van der Waals surface area contributed by atoms with Gasteiger partial charge in [0.1, 0.15) is 5.82 Å². The average molecular weight is 280 g/mol. The van der Waals surface area contributed by atoms with Crippen molar-refractivity contribution in [3.05, 3.63) is 29.6 Å². The molecule has 3 N–H and O–H groups in total. The second kappa shape index (κ2) is 6.36. The zero-order valence-corrected chi connectivity index (χ0v) is 11.0. The van der Waals surface area contributed by atoms with E-state index in [1.807, 2.05) is 0 Å². The van der Waals surface area contributed by atoms with Gasteiger partial charge in [0.2, 0.25) is 0 Å². The van der Waals surface area contributed by atoms with Crippen molar-refractivity contribution < 1.29 is 18.7 Å². The van der Waals surface area contributed by atoms with Crippen LogP contribution in [0.2, 0.25) is 0 Å². The highest BCUT2D eigenvalue weighted by Gasteiger charge is 2.19. The van der Waals surface area contributed by atoms with E-state index in [0.717, 1.165) is 31.7 Å². The van der Waals surface area contributed by atoms with Crippen molar-refractivity contribution in [2.24, 2.45) is 0 Å². The number of halogens is 1. The maximum Gasteiger partial charge on any atom is 0.341 e. The van der Waals surface area contributed by atoms with Crippen LogP contribution in [0.3, 0.4) is 0 Å². The molecule has 1 amide bonds. The number of benzene rings is 1. The van der Waals surface area contributed by atoms with Gasteiger partial charge in [-0.05, 0) is 31.0 Å². The summed E-state index contributed by atoms with van der Waals surface area (Å²) in [5.74, 6) is -1.98. The van der Waals surface area contributed by atoms with Gasteiger partial charge in [0, 0.05) is 11.7 Å². The first-order chi connectivity index (χ1) is 9.56.